The summed E-state index contributed by atoms with van der Waals surface area (Å²) in [5.74, 6) is 0.949. The molecule has 0 bridgehead atoms. The van der Waals surface area contributed by atoms with Crippen molar-refractivity contribution in [1.82, 2.24) is 4.98 Å². The van der Waals surface area contributed by atoms with Crippen molar-refractivity contribution >= 4 is 0 Å². The van der Waals surface area contributed by atoms with Crippen LogP contribution >= 0.6 is 0 Å². The zero-order valence-electron chi connectivity index (χ0n) is 16.4. The smallest absolute Gasteiger partial charge is 0.119 e. The van der Waals surface area contributed by atoms with E-state index in [-0.39, 0.29) is 0 Å². The normalized spacial score (nSPS) is 10.7. The molecular weight excluding hydrogens is 330 g/mol. The van der Waals surface area contributed by atoms with E-state index in [4.69, 9.17) is 4.74 Å². The number of hydrogen-bond donors (Lipinski definition) is 0. The van der Waals surface area contributed by atoms with Crippen molar-refractivity contribution in [3.8, 4) is 16.9 Å². The lowest BCUT2D eigenvalue weighted by atomic mass is 10.0. The Labute approximate surface area is 163 Å². The van der Waals surface area contributed by atoms with Crippen molar-refractivity contribution in [2.24, 2.45) is 0 Å². The first-order valence-corrected chi connectivity index (χ1v) is 10.0. The van der Waals surface area contributed by atoms with Gasteiger partial charge in [0.05, 0.1) is 6.61 Å². The van der Waals surface area contributed by atoms with Gasteiger partial charge in [-0.2, -0.15) is 0 Å². The number of aryl methyl sites for hydroxylation is 3. The molecule has 0 spiro atoms. The first kappa shape index (κ1) is 19.2. The Kier molecular flexibility index (Phi) is 7.04. The molecule has 27 heavy (non-hydrogen) atoms. The molecule has 0 aliphatic carbocycles. The van der Waals surface area contributed by atoms with Gasteiger partial charge in [-0.25, -0.2) is 0 Å². The van der Waals surface area contributed by atoms with Crippen molar-refractivity contribution < 1.29 is 4.74 Å². The average molecular weight is 360 g/mol. The third-order valence-electron chi connectivity index (χ3n) is 4.87. The van der Waals surface area contributed by atoms with Gasteiger partial charge in [-0.1, -0.05) is 62.7 Å². The summed E-state index contributed by atoms with van der Waals surface area (Å²) in [6.07, 6.45) is 7.29. The van der Waals surface area contributed by atoms with Gasteiger partial charge in [-0.15, -0.1) is 0 Å². The molecule has 0 saturated heterocycles. The SMILES string of the molecule is CCCCOc1ccc(-c2ccc(CCc3ccc(CC)cn3)cc2)cc1. The van der Waals surface area contributed by atoms with Crippen LogP contribution in [0.4, 0.5) is 0 Å². The minimum Gasteiger partial charge on any atom is -0.494 e. The number of nitrogens with zero attached hydrogens (tertiary/aromatic N) is 1. The fourth-order valence-corrected chi connectivity index (χ4v) is 3.03. The molecular formula is C25H29NO. The molecule has 0 aliphatic rings. The van der Waals surface area contributed by atoms with Crippen LogP contribution in [0, 0.1) is 0 Å². The third kappa shape index (κ3) is 5.68. The summed E-state index contributed by atoms with van der Waals surface area (Å²) < 4.78 is 5.74. The third-order valence-corrected chi connectivity index (χ3v) is 4.87. The molecule has 0 unspecified atom stereocenters. The zero-order chi connectivity index (χ0) is 18.9. The van der Waals surface area contributed by atoms with Gasteiger partial charge in [0.15, 0.2) is 0 Å². The van der Waals surface area contributed by atoms with Crippen LogP contribution < -0.4 is 4.74 Å². The fourth-order valence-electron chi connectivity index (χ4n) is 3.03. The lowest BCUT2D eigenvalue weighted by molar-refractivity contribution is 0.309. The molecule has 0 saturated carbocycles. The number of benzene rings is 2. The number of unbranched alkanes of at least 4 members (excludes halogenated alkanes) is 1. The molecule has 0 fully saturated rings. The summed E-state index contributed by atoms with van der Waals surface area (Å²) in [6, 6.07) is 21.6. The Morgan fingerprint density at radius 2 is 1.41 bits per heavy atom. The highest BCUT2D eigenvalue weighted by atomic mass is 16.5. The Balaban J connectivity index is 1.56. The quantitative estimate of drug-likeness (QED) is 0.420. The molecule has 2 heteroatoms. The number of ether oxygens (including phenoxy) is 1. The van der Waals surface area contributed by atoms with Crippen molar-refractivity contribution in [2.75, 3.05) is 6.61 Å². The Hall–Kier alpha value is -2.61. The van der Waals surface area contributed by atoms with Crippen LogP contribution in [0.3, 0.4) is 0 Å². The van der Waals surface area contributed by atoms with Gasteiger partial charge in [-0.3, -0.25) is 4.98 Å². The number of aromatic nitrogens is 1. The van der Waals surface area contributed by atoms with Gasteiger partial charge in [0.25, 0.3) is 0 Å². The van der Waals surface area contributed by atoms with Crippen LogP contribution in [-0.2, 0) is 19.3 Å². The number of rotatable bonds is 9. The predicted octanol–water partition coefficient (Wildman–Crippen LogP) is 6.28. The molecule has 1 heterocycles. The van der Waals surface area contributed by atoms with E-state index in [1.54, 1.807) is 0 Å². The van der Waals surface area contributed by atoms with Gasteiger partial charge in [0, 0.05) is 11.9 Å². The molecule has 0 N–H and O–H groups in total. The predicted molar refractivity (Wildman–Crippen MR) is 113 cm³/mol. The summed E-state index contributed by atoms with van der Waals surface area (Å²) >= 11 is 0. The molecule has 1 aromatic heterocycles. The van der Waals surface area contributed by atoms with Gasteiger partial charge in [0.2, 0.25) is 0 Å². The second-order valence-corrected chi connectivity index (χ2v) is 6.93. The Morgan fingerprint density at radius 1 is 0.741 bits per heavy atom. The average Bonchev–Trinajstić information content (AvgIpc) is 2.74. The molecule has 3 aromatic rings. The number of pyridine rings is 1. The highest BCUT2D eigenvalue weighted by molar-refractivity contribution is 5.64. The van der Waals surface area contributed by atoms with E-state index in [2.05, 4.69) is 79.5 Å². The van der Waals surface area contributed by atoms with E-state index in [9.17, 15) is 0 Å². The zero-order valence-corrected chi connectivity index (χ0v) is 16.4. The van der Waals surface area contributed by atoms with E-state index in [1.807, 2.05) is 6.20 Å². The molecule has 0 atom stereocenters. The summed E-state index contributed by atoms with van der Waals surface area (Å²) in [4.78, 5) is 4.55. The lowest BCUT2D eigenvalue weighted by Gasteiger charge is -2.08. The molecule has 3 rings (SSSR count). The van der Waals surface area contributed by atoms with Crippen molar-refractivity contribution in [3.63, 3.8) is 0 Å². The standard InChI is InChI=1S/C25H29NO/c1-3-5-18-27-25-16-12-23(13-17-25)22-10-6-21(7-11-22)9-15-24-14-8-20(4-2)19-26-24/h6-8,10-14,16-17,19H,3-5,9,15,18H2,1-2H3. The highest BCUT2D eigenvalue weighted by Gasteiger charge is 2.02. The van der Waals surface area contributed by atoms with Gasteiger partial charge >= 0.3 is 0 Å². The molecule has 140 valence electrons. The van der Waals surface area contributed by atoms with Crippen LogP contribution in [0.15, 0.2) is 66.9 Å². The Bertz CT molecular complexity index is 804. The molecule has 2 nitrogen and oxygen atoms in total. The van der Waals surface area contributed by atoms with E-state index in [0.717, 1.165) is 50.2 Å². The van der Waals surface area contributed by atoms with Crippen LogP contribution in [0.25, 0.3) is 11.1 Å². The van der Waals surface area contributed by atoms with Gasteiger partial charge < -0.3 is 4.74 Å². The Morgan fingerprint density at radius 3 is 2.00 bits per heavy atom. The van der Waals surface area contributed by atoms with E-state index in [0.29, 0.717) is 0 Å². The molecule has 0 amide bonds. The van der Waals surface area contributed by atoms with Gasteiger partial charge in [-0.05, 0) is 66.1 Å². The van der Waals surface area contributed by atoms with Crippen molar-refractivity contribution in [3.05, 3.63) is 83.7 Å². The summed E-state index contributed by atoms with van der Waals surface area (Å²) in [5, 5.41) is 0. The maximum atomic E-state index is 5.74. The highest BCUT2D eigenvalue weighted by Crippen LogP contribution is 2.23. The maximum Gasteiger partial charge on any atom is 0.119 e. The second-order valence-electron chi connectivity index (χ2n) is 6.93. The minimum atomic E-state index is 0.792. The van der Waals surface area contributed by atoms with E-state index < -0.39 is 0 Å². The first-order valence-electron chi connectivity index (χ1n) is 10.0. The number of hydrogen-bond acceptors (Lipinski definition) is 2. The van der Waals surface area contributed by atoms with Crippen LogP contribution in [0.5, 0.6) is 5.75 Å². The minimum absolute atomic E-state index is 0.792. The first-order chi connectivity index (χ1) is 13.3. The fraction of sp³-hybridized carbons (Fsp3) is 0.320. The van der Waals surface area contributed by atoms with E-state index >= 15 is 0 Å². The van der Waals surface area contributed by atoms with Crippen LogP contribution in [0.1, 0.15) is 43.5 Å². The molecule has 0 aliphatic heterocycles. The van der Waals surface area contributed by atoms with Crippen LogP contribution in [-0.4, -0.2) is 11.6 Å². The van der Waals surface area contributed by atoms with Crippen LogP contribution in [0.2, 0.25) is 0 Å². The topological polar surface area (TPSA) is 22.1 Å². The lowest BCUT2D eigenvalue weighted by Crippen LogP contribution is -1.96. The second kappa shape index (κ2) is 9.91. The monoisotopic (exact) mass is 359 g/mol. The van der Waals surface area contributed by atoms with Gasteiger partial charge in [0.1, 0.15) is 5.75 Å². The van der Waals surface area contributed by atoms with Crippen molar-refractivity contribution in [1.29, 1.82) is 0 Å². The molecule has 2 aromatic carbocycles. The van der Waals surface area contributed by atoms with E-state index in [1.165, 1.54) is 22.3 Å². The summed E-state index contributed by atoms with van der Waals surface area (Å²) in [7, 11) is 0. The van der Waals surface area contributed by atoms with Crippen molar-refractivity contribution in [2.45, 2.75) is 46.0 Å². The summed E-state index contributed by atoms with van der Waals surface area (Å²) in [6.45, 7) is 5.13. The molecule has 0 radical (unpaired) electrons. The summed E-state index contributed by atoms with van der Waals surface area (Å²) in [5.41, 5.74) is 6.27. The largest absolute Gasteiger partial charge is 0.494 e. The maximum absolute atomic E-state index is 5.74.